The molecule has 1 aliphatic rings. The predicted molar refractivity (Wildman–Crippen MR) is 166 cm³/mol. The first kappa shape index (κ1) is 29.2. The fourth-order valence-electron chi connectivity index (χ4n) is 4.64. The number of hydrogen-bond donors (Lipinski definition) is 2. The summed E-state index contributed by atoms with van der Waals surface area (Å²) in [5.74, 6) is 0.609. The molecule has 39 heavy (non-hydrogen) atoms. The minimum Gasteiger partial charge on any atom is -0.508 e. The van der Waals surface area contributed by atoms with Gasteiger partial charge in [0, 0.05) is 36.1 Å². The van der Waals surface area contributed by atoms with Crippen molar-refractivity contribution in [3.05, 3.63) is 70.7 Å². The number of quaternary nitrogens is 2. The summed E-state index contributed by atoms with van der Waals surface area (Å²) in [6, 6.07) is 11.3. The third-order valence-electron chi connectivity index (χ3n) is 6.55. The highest BCUT2D eigenvalue weighted by Gasteiger charge is 2.25. The first-order chi connectivity index (χ1) is 18.4. The Kier molecular flexibility index (Phi) is 9.11. The molecule has 4 rings (SSSR count). The number of phenols is 2. The fraction of sp³-hybridized carbons (Fsp3) is 0.387. The van der Waals surface area contributed by atoms with Gasteiger partial charge in [-0.05, 0) is 30.3 Å². The van der Waals surface area contributed by atoms with Crippen molar-refractivity contribution in [3.8, 4) is 11.5 Å². The van der Waals surface area contributed by atoms with Gasteiger partial charge in [0.25, 0.3) is 5.01 Å². The zero-order chi connectivity index (χ0) is 28.2. The maximum Gasteiger partial charge on any atom is 0.262 e. The summed E-state index contributed by atoms with van der Waals surface area (Å²) in [7, 11) is 13.4. The van der Waals surface area contributed by atoms with E-state index in [0.717, 1.165) is 68.8 Å². The Balaban J connectivity index is 1.51. The summed E-state index contributed by atoms with van der Waals surface area (Å²) in [6.45, 7) is 4.08. The van der Waals surface area contributed by atoms with E-state index >= 15 is 0 Å². The average Bonchev–Trinajstić information content (AvgIpc) is 3.34. The first-order valence-corrected chi connectivity index (χ1v) is 15.1. The van der Waals surface area contributed by atoms with Crippen molar-refractivity contribution in [2.24, 2.45) is 0 Å². The summed E-state index contributed by atoms with van der Waals surface area (Å²) in [5, 5.41) is 22.3. The molecule has 6 nitrogen and oxygen atoms in total. The first-order valence-electron chi connectivity index (χ1n) is 13.5. The van der Waals surface area contributed by atoms with Gasteiger partial charge in [0.15, 0.2) is 6.54 Å². The summed E-state index contributed by atoms with van der Waals surface area (Å²) in [6.07, 6.45) is 12.8. The number of aromatic hydroxyl groups is 2. The molecule has 208 valence electrons. The van der Waals surface area contributed by atoms with Crippen LogP contribution in [0.1, 0.15) is 17.8 Å². The Hall–Kier alpha value is -2.78. The number of phenolic OH excluding ortho intramolecular Hbond substituents is 2. The summed E-state index contributed by atoms with van der Waals surface area (Å²) in [5.41, 5.74) is 2.33. The molecule has 0 fully saturated rings. The fourth-order valence-corrected chi connectivity index (χ4v) is 6.91. The second-order valence-electron chi connectivity index (χ2n) is 12.1. The maximum atomic E-state index is 10.00. The highest BCUT2D eigenvalue weighted by Crippen LogP contribution is 2.47. The molecule has 0 saturated heterocycles. The molecular weight excluding hydrogens is 525 g/mol. The SMILES string of the molecule is C[N+](C)(C)CCCN1/C(=C/C=C/C=C/c2sc3cc(O)ccc3[n+]2CCC[N+](C)(C)C)Sc2cc(O)ccc21. The molecular formula is C31H43N4O2S2+3. The minimum absolute atomic E-state index is 0.304. The number of fused-ring (bicyclic) bond motifs is 2. The van der Waals surface area contributed by atoms with Crippen LogP contribution in [0.15, 0.2) is 70.6 Å². The number of thiazole rings is 1. The molecule has 0 spiro atoms. The van der Waals surface area contributed by atoms with Crippen molar-refractivity contribution in [3.63, 3.8) is 0 Å². The van der Waals surface area contributed by atoms with E-state index in [1.165, 1.54) is 10.0 Å². The summed E-state index contributed by atoms with van der Waals surface area (Å²) >= 11 is 3.42. The smallest absolute Gasteiger partial charge is 0.262 e. The van der Waals surface area contributed by atoms with E-state index in [-0.39, 0.29) is 0 Å². The number of thioether (sulfide) groups is 1. The number of benzene rings is 2. The van der Waals surface area contributed by atoms with E-state index in [4.69, 9.17) is 0 Å². The Morgan fingerprint density at radius 2 is 1.54 bits per heavy atom. The van der Waals surface area contributed by atoms with Gasteiger partial charge in [0.1, 0.15) is 16.2 Å². The molecule has 0 aliphatic carbocycles. The van der Waals surface area contributed by atoms with E-state index in [1.54, 1.807) is 35.2 Å². The molecule has 8 heteroatoms. The molecule has 0 atom stereocenters. The molecule has 3 aromatic rings. The number of hydrogen-bond acceptors (Lipinski definition) is 5. The lowest BCUT2D eigenvalue weighted by molar-refractivity contribution is -0.873. The monoisotopic (exact) mass is 567 g/mol. The molecule has 1 aromatic heterocycles. The van der Waals surface area contributed by atoms with Gasteiger partial charge in [-0.25, -0.2) is 0 Å². The maximum absolute atomic E-state index is 10.00. The number of anilines is 1. The van der Waals surface area contributed by atoms with Gasteiger partial charge in [0.05, 0.1) is 72.5 Å². The lowest BCUT2D eigenvalue weighted by Gasteiger charge is -2.26. The van der Waals surface area contributed by atoms with Crippen LogP contribution in [0.5, 0.6) is 11.5 Å². The Bertz CT molecular complexity index is 1390. The quantitative estimate of drug-likeness (QED) is 0.174. The van der Waals surface area contributed by atoms with Crippen LogP contribution in [0, 0.1) is 0 Å². The van der Waals surface area contributed by atoms with Crippen LogP contribution in [0.2, 0.25) is 0 Å². The highest BCUT2D eigenvalue weighted by molar-refractivity contribution is 8.03. The van der Waals surface area contributed by atoms with Crippen LogP contribution in [0.25, 0.3) is 16.3 Å². The van der Waals surface area contributed by atoms with Crippen molar-refractivity contribution in [1.29, 1.82) is 0 Å². The van der Waals surface area contributed by atoms with Crippen molar-refractivity contribution < 1.29 is 23.7 Å². The molecule has 0 unspecified atom stereocenters. The summed E-state index contributed by atoms with van der Waals surface area (Å²) in [4.78, 5) is 3.46. The topological polar surface area (TPSA) is 47.6 Å². The van der Waals surface area contributed by atoms with Gasteiger partial charge in [0.2, 0.25) is 5.52 Å². The van der Waals surface area contributed by atoms with Crippen molar-refractivity contribution in [2.75, 3.05) is 66.8 Å². The minimum atomic E-state index is 0.304. The number of aryl methyl sites for hydroxylation is 1. The second kappa shape index (κ2) is 12.2. The molecule has 0 bridgehead atoms. The summed E-state index contributed by atoms with van der Waals surface area (Å²) < 4.78 is 5.35. The Morgan fingerprint density at radius 3 is 2.28 bits per heavy atom. The number of nitrogens with zero attached hydrogens (tertiary/aromatic N) is 4. The van der Waals surface area contributed by atoms with Crippen LogP contribution in [0.4, 0.5) is 5.69 Å². The molecule has 0 amide bonds. The van der Waals surface area contributed by atoms with E-state index < -0.39 is 0 Å². The Morgan fingerprint density at radius 1 is 0.846 bits per heavy atom. The molecule has 2 N–H and O–H groups in total. The van der Waals surface area contributed by atoms with E-state index in [2.05, 4.69) is 82.1 Å². The standard InChI is InChI=1S/C31H41N4O2S2/c1-34(2,3)20-10-18-32-26-16-14-24(36)22-28(26)38-30(32)12-8-7-9-13-31-33(19-11-21-35(4,5)6)27-17-15-25(37)23-29(27)39-31/h7-9,12-17,22-23H,10-11,18-21H2,1-6H3/q+1/p+2. The molecule has 0 radical (unpaired) electrons. The lowest BCUT2D eigenvalue weighted by atomic mass is 10.2. The number of aromatic nitrogens is 1. The van der Waals surface area contributed by atoms with Gasteiger partial charge in [-0.3, -0.25) is 0 Å². The van der Waals surface area contributed by atoms with Crippen LogP contribution in [0.3, 0.4) is 0 Å². The van der Waals surface area contributed by atoms with Crippen LogP contribution in [-0.4, -0.2) is 81.1 Å². The van der Waals surface area contributed by atoms with E-state index in [9.17, 15) is 10.2 Å². The van der Waals surface area contributed by atoms with Gasteiger partial charge >= 0.3 is 0 Å². The van der Waals surface area contributed by atoms with Crippen molar-refractivity contribution in [2.45, 2.75) is 24.3 Å². The largest absolute Gasteiger partial charge is 0.508 e. The van der Waals surface area contributed by atoms with Gasteiger partial charge in [-0.1, -0.05) is 41.3 Å². The molecule has 2 aromatic carbocycles. The van der Waals surface area contributed by atoms with Crippen molar-refractivity contribution in [1.82, 2.24) is 0 Å². The van der Waals surface area contributed by atoms with E-state index in [1.807, 2.05) is 24.3 Å². The number of rotatable bonds is 11. The average molecular weight is 568 g/mol. The van der Waals surface area contributed by atoms with Gasteiger partial charge in [-0.15, -0.1) is 0 Å². The van der Waals surface area contributed by atoms with Gasteiger partial charge < -0.3 is 24.1 Å². The third kappa shape index (κ3) is 8.11. The van der Waals surface area contributed by atoms with Crippen LogP contribution < -0.4 is 9.47 Å². The zero-order valence-corrected chi connectivity index (χ0v) is 25.7. The molecule has 2 heterocycles. The normalized spacial score (nSPS) is 15.4. The Labute approximate surface area is 241 Å². The second-order valence-corrected chi connectivity index (χ2v) is 14.3. The molecule has 1 aliphatic heterocycles. The predicted octanol–water partition coefficient (Wildman–Crippen LogP) is 5.82. The van der Waals surface area contributed by atoms with Gasteiger partial charge in [-0.2, -0.15) is 4.57 Å². The highest BCUT2D eigenvalue weighted by atomic mass is 32.2. The third-order valence-corrected chi connectivity index (χ3v) is 8.78. The lowest BCUT2D eigenvalue weighted by Crippen LogP contribution is -2.40. The molecule has 0 saturated carbocycles. The van der Waals surface area contributed by atoms with Crippen molar-refractivity contribution >= 4 is 45.1 Å². The van der Waals surface area contributed by atoms with E-state index in [0.29, 0.717) is 11.5 Å². The van der Waals surface area contributed by atoms with Crippen LogP contribution in [-0.2, 0) is 6.54 Å². The number of allylic oxidation sites excluding steroid dienone is 4. The zero-order valence-electron chi connectivity index (χ0n) is 24.1. The van der Waals surface area contributed by atoms with Crippen LogP contribution >= 0.6 is 23.1 Å².